The molecule has 1 aliphatic rings. The smallest absolute Gasteiger partial charge is 0.317 e. The van der Waals surface area contributed by atoms with E-state index in [1.165, 1.54) is 5.56 Å². The summed E-state index contributed by atoms with van der Waals surface area (Å²) in [5.41, 5.74) is 3.12. The van der Waals surface area contributed by atoms with Crippen molar-refractivity contribution in [3.8, 4) is 0 Å². The number of amides is 2. The van der Waals surface area contributed by atoms with Gasteiger partial charge in [0.1, 0.15) is 5.82 Å². The van der Waals surface area contributed by atoms with Crippen LogP contribution in [0.3, 0.4) is 0 Å². The monoisotopic (exact) mass is 330 g/mol. The number of nitrogens with zero attached hydrogens (tertiary/aromatic N) is 2. The Hall–Kier alpha value is -2.08. The molecule has 0 aliphatic carbocycles. The number of urea groups is 1. The summed E-state index contributed by atoms with van der Waals surface area (Å²) < 4.78 is 5.79. The molecule has 0 bridgehead atoms. The highest BCUT2D eigenvalue weighted by Crippen LogP contribution is 2.15. The summed E-state index contributed by atoms with van der Waals surface area (Å²) in [5.74, 6) is 0.778. The first-order chi connectivity index (χ1) is 11.7. The van der Waals surface area contributed by atoms with Gasteiger partial charge in [0.15, 0.2) is 0 Å². The molecule has 3 rings (SSSR count). The molecule has 2 heterocycles. The third-order valence-electron chi connectivity index (χ3n) is 4.32. The second-order valence-electron chi connectivity index (χ2n) is 6.44. The summed E-state index contributed by atoms with van der Waals surface area (Å²) in [6.45, 7) is 6.78. The van der Waals surface area contributed by atoms with Gasteiger partial charge in [0, 0.05) is 19.7 Å². The number of piperidine rings is 1. The van der Waals surface area contributed by atoms with Crippen LogP contribution in [-0.4, -0.2) is 46.7 Å². The molecule has 6 nitrogen and oxygen atoms in total. The zero-order valence-corrected chi connectivity index (χ0v) is 14.5. The zero-order chi connectivity index (χ0) is 16.9. The van der Waals surface area contributed by atoms with E-state index in [0.717, 1.165) is 49.3 Å². The molecule has 2 aromatic rings. The van der Waals surface area contributed by atoms with E-state index in [2.05, 4.69) is 35.2 Å². The van der Waals surface area contributed by atoms with Gasteiger partial charge < -0.3 is 19.9 Å². The van der Waals surface area contributed by atoms with Crippen LogP contribution in [0.1, 0.15) is 37.6 Å². The number of imidazole rings is 1. The Morgan fingerprint density at radius 2 is 2.38 bits per heavy atom. The quantitative estimate of drug-likeness (QED) is 0.885. The fourth-order valence-electron chi connectivity index (χ4n) is 3.07. The van der Waals surface area contributed by atoms with Gasteiger partial charge >= 0.3 is 6.03 Å². The average Bonchev–Trinajstić information content (AvgIpc) is 3.00. The van der Waals surface area contributed by atoms with Crippen LogP contribution in [0, 0.1) is 6.92 Å². The second-order valence-corrected chi connectivity index (χ2v) is 6.44. The normalized spacial score (nSPS) is 18.1. The number of likely N-dealkylation sites (tertiary alicyclic amines) is 1. The van der Waals surface area contributed by atoms with Crippen molar-refractivity contribution < 1.29 is 9.53 Å². The number of nitrogens with one attached hydrogen (secondary N) is 2. The summed E-state index contributed by atoms with van der Waals surface area (Å²) >= 11 is 0. The Morgan fingerprint density at radius 3 is 3.21 bits per heavy atom. The minimum Gasteiger partial charge on any atom is -0.376 e. The van der Waals surface area contributed by atoms with E-state index in [1.807, 2.05) is 17.0 Å². The number of aromatic amines is 1. The molecule has 1 aromatic heterocycles. The maximum Gasteiger partial charge on any atom is 0.317 e. The number of benzene rings is 1. The van der Waals surface area contributed by atoms with Crippen molar-refractivity contribution in [2.24, 2.45) is 0 Å². The molecule has 1 saturated heterocycles. The highest BCUT2D eigenvalue weighted by molar-refractivity contribution is 5.76. The molecule has 130 valence electrons. The van der Waals surface area contributed by atoms with E-state index in [0.29, 0.717) is 13.1 Å². The predicted molar refractivity (Wildman–Crippen MR) is 93.9 cm³/mol. The van der Waals surface area contributed by atoms with E-state index in [-0.39, 0.29) is 12.1 Å². The molecule has 0 saturated carbocycles. The predicted octanol–water partition coefficient (Wildman–Crippen LogP) is 2.97. The third-order valence-corrected chi connectivity index (χ3v) is 4.32. The topological polar surface area (TPSA) is 70.2 Å². The Bertz CT molecular complexity index is 697. The molecule has 2 amide bonds. The van der Waals surface area contributed by atoms with Gasteiger partial charge in [-0.25, -0.2) is 9.78 Å². The lowest BCUT2D eigenvalue weighted by atomic mass is 10.1. The molecule has 1 unspecified atom stereocenters. The third kappa shape index (κ3) is 4.06. The van der Waals surface area contributed by atoms with Crippen molar-refractivity contribution >= 4 is 17.1 Å². The van der Waals surface area contributed by atoms with Gasteiger partial charge in [-0.3, -0.25) is 0 Å². The standard InChI is InChI=1S/C18H26N4O2/c1-3-9-24-14-5-4-8-22(12-14)18(23)19-11-17-20-15-7-6-13(2)10-16(15)21-17/h6-7,10,14H,3-5,8-9,11-12H2,1-2H3,(H,19,23)(H,20,21). The van der Waals surface area contributed by atoms with Gasteiger partial charge in [0.05, 0.1) is 23.7 Å². The van der Waals surface area contributed by atoms with E-state index >= 15 is 0 Å². The number of hydrogen-bond donors (Lipinski definition) is 2. The molecular weight excluding hydrogens is 304 g/mol. The summed E-state index contributed by atoms with van der Waals surface area (Å²) in [5, 5.41) is 2.96. The van der Waals surface area contributed by atoms with Crippen LogP contribution < -0.4 is 5.32 Å². The lowest BCUT2D eigenvalue weighted by molar-refractivity contribution is 0.00999. The molecule has 0 spiro atoms. The number of hydrogen-bond acceptors (Lipinski definition) is 3. The fraction of sp³-hybridized carbons (Fsp3) is 0.556. The lowest BCUT2D eigenvalue weighted by Gasteiger charge is -2.32. The van der Waals surface area contributed by atoms with Crippen LogP contribution in [-0.2, 0) is 11.3 Å². The number of rotatable bonds is 5. The number of ether oxygens (including phenoxy) is 1. The molecule has 24 heavy (non-hydrogen) atoms. The van der Waals surface area contributed by atoms with Crippen molar-refractivity contribution in [2.45, 2.75) is 45.8 Å². The van der Waals surface area contributed by atoms with Crippen LogP contribution in [0.25, 0.3) is 11.0 Å². The van der Waals surface area contributed by atoms with Crippen LogP contribution >= 0.6 is 0 Å². The molecule has 0 radical (unpaired) electrons. The fourth-order valence-corrected chi connectivity index (χ4v) is 3.07. The Morgan fingerprint density at radius 1 is 1.50 bits per heavy atom. The number of aromatic nitrogens is 2. The molecule has 1 aromatic carbocycles. The van der Waals surface area contributed by atoms with Crippen molar-refractivity contribution in [2.75, 3.05) is 19.7 Å². The van der Waals surface area contributed by atoms with Gasteiger partial charge in [0.2, 0.25) is 0 Å². The number of carbonyl (C=O) groups is 1. The van der Waals surface area contributed by atoms with Crippen LogP contribution in [0.5, 0.6) is 0 Å². The van der Waals surface area contributed by atoms with Gasteiger partial charge in [-0.05, 0) is 43.9 Å². The van der Waals surface area contributed by atoms with E-state index < -0.39 is 0 Å². The summed E-state index contributed by atoms with van der Waals surface area (Å²) in [4.78, 5) is 22.0. The highest BCUT2D eigenvalue weighted by Gasteiger charge is 2.23. The first-order valence-corrected chi connectivity index (χ1v) is 8.75. The first kappa shape index (κ1) is 16.8. The molecule has 2 N–H and O–H groups in total. The maximum absolute atomic E-state index is 12.4. The van der Waals surface area contributed by atoms with Gasteiger partial charge in [0.25, 0.3) is 0 Å². The number of carbonyl (C=O) groups excluding carboxylic acids is 1. The molecule has 1 fully saturated rings. The van der Waals surface area contributed by atoms with Crippen LogP contribution in [0.4, 0.5) is 4.79 Å². The minimum atomic E-state index is -0.0450. The van der Waals surface area contributed by atoms with Crippen molar-refractivity contribution in [1.29, 1.82) is 0 Å². The molecule has 6 heteroatoms. The van der Waals surface area contributed by atoms with E-state index in [4.69, 9.17) is 4.74 Å². The van der Waals surface area contributed by atoms with Gasteiger partial charge in [-0.2, -0.15) is 0 Å². The van der Waals surface area contributed by atoms with Crippen LogP contribution in [0.15, 0.2) is 18.2 Å². The summed E-state index contributed by atoms with van der Waals surface area (Å²) in [6.07, 6.45) is 3.20. The van der Waals surface area contributed by atoms with E-state index in [1.54, 1.807) is 0 Å². The summed E-state index contributed by atoms with van der Waals surface area (Å²) in [7, 11) is 0. The highest BCUT2D eigenvalue weighted by atomic mass is 16.5. The van der Waals surface area contributed by atoms with Crippen molar-refractivity contribution in [1.82, 2.24) is 20.2 Å². The Labute approximate surface area is 142 Å². The van der Waals surface area contributed by atoms with Crippen molar-refractivity contribution in [3.05, 3.63) is 29.6 Å². The largest absolute Gasteiger partial charge is 0.376 e. The minimum absolute atomic E-state index is 0.0450. The maximum atomic E-state index is 12.4. The first-order valence-electron chi connectivity index (χ1n) is 8.75. The zero-order valence-electron chi connectivity index (χ0n) is 14.5. The number of fused-ring (bicyclic) bond motifs is 1. The van der Waals surface area contributed by atoms with Gasteiger partial charge in [-0.1, -0.05) is 13.0 Å². The number of aryl methyl sites for hydroxylation is 1. The lowest BCUT2D eigenvalue weighted by Crippen LogP contribution is -2.47. The Balaban J connectivity index is 1.54. The molecular formula is C18H26N4O2. The van der Waals surface area contributed by atoms with E-state index in [9.17, 15) is 4.79 Å². The number of H-pyrrole nitrogens is 1. The average molecular weight is 330 g/mol. The van der Waals surface area contributed by atoms with Crippen LogP contribution in [0.2, 0.25) is 0 Å². The molecule has 1 aliphatic heterocycles. The van der Waals surface area contributed by atoms with Crippen molar-refractivity contribution in [3.63, 3.8) is 0 Å². The Kier molecular flexibility index (Phi) is 5.35. The molecule has 1 atom stereocenters. The summed E-state index contributed by atoms with van der Waals surface area (Å²) in [6, 6.07) is 6.05. The van der Waals surface area contributed by atoms with Gasteiger partial charge in [-0.15, -0.1) is 0 Å². The second kappa shape index (κ2) is 7.66. The SMILES string of the molecule is CCCOC1CCCN(C(=O)NCc2nc3ccc(C)cc3[nH]2)C1.